The van der Waals surface area contributed by atoms with E-state index in [0.29, 0.717) is 5.91 Å². The summed E-state index contributed by atoms with van der Waals surface area (Å²) in [7, 11) is 0. The Morgan fingerprint density at radius 1 is 1.04 bits per heavy atom. The summed E-state index contributed by atoms with van der Waals surface area (Å²) in [6.45, 7) is 11.2. The number of hydrogen-bond donors (Lipinski definition) is 0. The van der Waals surface area contributed by atoms with Gasteiger partial charge in [-0.15, -0.1) is 0 Å². The number of nitrogens with zero attached hydrogens (tertiary/aromatic N) is 6. The van der Waals surface area contributed by atoms with Gasteiger partial charge in [0.1, 0.15) is 12.1 Å². The number of amides is 1. The van der Waals surface area contributed by atoms with Crippen LogP contribution in [-0.4, -0.2) is 56.7 Å². The van der Waals surface area contributed by atoms with Crippen molar-refractivity contribution < 1.29 is 4.79 Å². The van der Waals surface area contributed by atoms with Crippen LogP contribution in [-0.2, 0) is 4.79 Å². The van der Waals surface area contributed by atoms with Crippen LogP contribution < -0.4 is 4.90 Å². The van der Waals surface area contributed by atoms with Crippen molar-refractivity contribution in [3.8, 4) is 5.82 Å². The molecule has 1 amide bonds. The molecule has 3 rings (SSSR count). The van der Waals surface area contributed by atoms with E-state index in [0.717, 1.165) is 62.0 Å². The second-order valence-corrected chi connectivity index (χ2v) is 6.90. The highest BCUT2D eigenvalue weighted by molar-refractivity contribution is 5.79. The fourth-order valence-electron chi connectivity index (χ4n) is 3.54. The van der Waals surface area contributed by atoms with Crippen molar-refractivity contribution in [1.82, 2.24) is 24.6 Å². The third kappa shape index (κ3) is 3.71. The molecule has 0 N–H and O–H groups in total. The number of carbonyl (C=O) groups excluding carboxylic acids is 1. The molecule has 1 aliphatic heterocycles. The van der Waals surface area contributed by atoms with Crippen LogP contribution in [0.15, 0.2) is 18.5 Å². The van der Waals surface area contributed by atoms with E-state index in [1.807, 2.05) is 35.6 Å². The molecule has 0 atom stereocenters. The summed E-state index contributed by atoms with van der Waals surface area (Å²) in [6, 6.07) is 4.00. The maximum absolute atomic E-state index is 12.6. The summed E-state index contributed by atoms with van der Waals surface area (Å²) >= 11 is 0. The number of rotatable bonds is 5. The highest BCUT2D eigenvalue weighted by Crippen LogP contribution is 2.19. The molecule has 26 heavy (non-hydrogen) atoms. The summed E-state index contributed by atoms with van der Waals surface area (Å²) in [5, 5.41) is 4.50. The largest absolute Gasteiger partial charge is 0.353 e. The number of aryl methyl sites for hydroxylation is 2. The summed E-state index contributed by atoms with van der Waals surface area (Å²) in [5.41, 5.74) is 2.02. The van der Waals surface area contributed by atoms with Gasteiger partial charge in [0.2, 0.25) is 5.91 Å². The lowest BCUT2D eigenvalue weighted by Gasteiger charge is -2.36. The van der Waals surface area contributed by atoms with E-state index < -0.39 is 0 Å². The standard InChI is InChI=1S/C19H28N6O/c1-5-16(6-2)19(26)24-9-7-23(8-10-24)17-12-18(21-13-20-17)25-15(4)11-14(3)22-25/h11-13,16H,5-10H2,1-4H3. The Kier molecular flexibility index (Phi) is 5.54. The SMILES string of the molecule is CCC(CC)C(=O)N1CCN(c2cc(-n3nc(C)cc3C)ncn2)CC1. The molecule has 0 radical (unpaired) electrons. The Morgan fingerprint density at radius 2 is 1.69 bits per heavy atom. The third-order valence-electron chi connectivity index (χ3n) is 5.11. The lowest BCUT2D eigenvalue weighted by Crippen LogP contribution is -2.50. The van der Waals surface area contributed by atoms with Crippen molar-refractivity contribution in [2.45, 2.75) is 40.5 Å². The molecule has 1 saturated heterocycles. The van der Waals surface area contributed by atoms with Gasteiger partial charge >= 0.3 is 0 Å². The van der Waals surface area contributed by atoms with Crippen molar-refractivity contribution in [1.29, 1.82) is 0 Å². The van der Waals surface area contributed by atoms with E-state index in [2.05, 4.69) is 33.8 Å². The minimum atomic E-state index is 0.151. The van der Waals surface area contributed by atoms with Gasteiger partial charge in [0.05, 0.1) is 5.69 Å². The first-order valence-electron chi connectivity index (χ1n) is 9.42. The van der Waals surface area contributed by atoms with Crippen LogP contribution in [0.25, 0.3) is 5.82 Å². The molecular formula is C19H28N6O. The molecule has 0 aromatic carbocycles. The topological polar surface area (TPSA) is 67.2 Å². The fraction of sp³-hybridized carbons (Fsp3) is 0.579. The van der Waals surface area contributed by atoms with Crippen LogP contribution in [0.4, 0.5) is 5.82 Å². The molecule has 3 heterocycles. The highest BCUT2D eigenvalue weighted by atomic mass is 16.2. The van der Waals surface area contributed by atoms with Crippen molar-refractivity contribution in [3.63, 3.8) is 0 Å². The molecule has 1 fully saturated rings. The number of carbonyl (C=O) groups is 1. The van der Waals surface area contributed by atoms with Crippen LogP contribution >= 0.6 is 0 Å². The van der Waals surface area contributed by atoms with Gasteiger partial charge in [-0.3, -0.25) is 4.79 Å². The Morgan fingerprint density at radius 3 is 2.27 bits per heavy atom. The minimum absolute atomic E-state index is 0.151. The van der Waals surface area contributed by atoms with Gasteiger partial charge < -0.3 is 9.80 Å². The lowest BCUT2D eigenvalue weighted by atomic mass is 10.0. The Balaban J connectivity index is 1.69. The number of anilines is 1. The van der Waals surface area contributed by atoms with Crippen molar-refractivity contribution in [3.05, 3.63) is 29.8 Å². The lowest BCUT2D eigenvalue weighted by molar-refractivity contribution is -0.136. The van der Waals surface area contributed by atoms with Gasteiger partial charge in [0.25, 0.3) is 0 Å². The van der Waals surface area contributed by atoms with E-state index in [9.17, 15) is 4.79 Å². The predicted molar refractivity (Wildman–Crippen MR) is 101 cm³/mol. The van der Waals surface area contributed by atoms with E-state index >= 15 is 0 Å². The van der Waals surface area contributed by atoms with Crippen LogP contribution in [0.5, 0.6) is 0 Å². The van der Waals surface area contributed by atoms with Gasteiger partial charge in [-0.1, -0.05) is 13.8 Å². The number of piperazine rings is 1. The van der Waals surface area contributed by atoms with Crippen LogP contribution in [0, 0.1) is 19.8 Å². The molecule has 0 unspecified atom stereocenters. The second kappa shape index (κ2) is 7.85. The summed E-state index contributed by atoms with van der Waals surface area (Å²) < 4.78 is 1.84. The Hall–Kier alpha value is -2.44. The van der Waals surface area contributed by atoms with E-state index in [1.165, 1.54) is 0 Å². The van der Waals surface area contributed by atoms with Gasteiger partial charge in [-0.25, -0.2) is 14.6 Å². The number of hydrogen-bond acceptors (Lipinski definition) is 5. The molecule has 140 valence electrons. The van der Waals surface area contributed by atoms with E-state index in [-0.39, 0.29) is 5.92 Å². The first kappa shape index (κ1) is 18.4. The minimum Gasteiger partial charge on any atom is -0.353 e. The average Bonchev–Trinajstić information content (AvgIpc) is 3.01. The van der Waals surface area contributed by atoms with Crippen LogP contribution in [0.2, 0.25) is 0 Å². The van der Waals surface area contributed by atoms with Gasteiger partial charge in [0.15, 0.2) is 5.82 Å². The van der Waals surface area contributed by atoms with Crippen molar-refractivity contribution in [2.24, 2.45) is 5.92 Å². The molecule has 0 spiro atoms. The highest BCUT2D eigenvalue weighted by Gasteiger charge is 2.26. The Bertz CT molecular complexity index is 759. The third-order valence-corrected chi connectivity index (χ3v) is 5.11. The monoisotopic (exact) mass is 356 g/mol. The second-order valence-electron chi connectivity index (χ2n) is 6.90. The summed E-state index contributed by atoms with van der Waals surface area (Å²) in [4.78, 5) is 25.6. The van der Waals surface area contributed by atoms with Gasteiger partial charge in [0, 0.05) is 43.9 Å². The molecule has 0 bridgehead atoms. The van der Waals surface area contributed by atoms with Crippen molar-refractivity contribution >= 4 is 11.7 Å². The molecule has 2 aromatic heterocycles. The van der Waals surface area contributed by atoms with E-state index in [1.54, 1.807) is 6.33 Å². The Labute approximate surface area is 155 Å². The van der Waals surface area contributed by atoms with Crippen molar-refractivity contribution in [2.75, 3.05) is 31.1 Å². The van der Waals surface area contributed by atoms with Crippen LogP contribution in [0.1, 0.15) is 38.1 Å². The molecule has 2 aromatic rings. The van der Waals surface area contributed by atoms with Gasteiger partial charge in [-0.2, -0.15) is 5.10 Å². The molecular weight excluding hydrogens is 328 g/mol. The summed E-state index contributed by atoms with van der Waals surface area (Å²) in [5.74, 6) is 2.10. The smallest absolute Gasteiger partial charge is 0.225 e. The van der Waals surface area contributed by atoms with E-state index in [4.69, 9.17) is 0 Å². The fourth-order valence-corrected chi connectivity index (χ4v) is 3.54. The zero-order valence-corrected chi connectivity index (χ0v) is 16.1. The molecule has 7 heteroatoms. The predicted octanol–water partition coefficient (Wildman–Crippen LogP) is 2.36. The zero-order valence-electron chi connectivity index (χ0n) is 16.1. The zero-order chi connectivity index (χ0) is 18.7. The molecule has 7 nitrogen and oxygen atoms in total. The molecule has 0 saturated carbocycles. The first-order valence-corrected chi connectivity index (χ1v) is 9.42. The molecule has 0 aliphatic carbocycles. The van der Waals surface area contributed by atoms with Crippen LogP contribution in [0.3, 0.4) is 0 Å². The maximum atomic E-state index is 12.6. The molecule has 1 aliphatic rings. The first-order chi connectivity index (χ1) is 12.5. The average molecular weight is 356 g/mol. The maximum Gasteiger partial charge on any atom is 0.225 e. The summed E-state index contributed by atoms with van der Waals surface area (Å²) in [6.07, 6.45) is 3.41. The van der Waals surface area contributed by atoms with Gasteiger partial charge in [-0.05, 0) is 32.8 Å². The number of aromatic nitrogens is 4. The normalized spacial score (nSPS) is 15.0. The quantitative estimate of drug-likeness (QED) is 0.823.